The van der Waals surface area contributed by atoms with Crippen LogP contribution in [0.15, 0.2) is 30.6 Å². The number of piperidine rings is 1. The second-order valence-corrected chi connectivity index (χ2v) is 6.83. The molecule has 0 spiro atoms. The minimum Gasteiger partial charge on any atom is -0.356 e. The Morgan fingerprint density at radius 1 is 1.17 bits per heavy atom. The molecule has 2 aromatic rings. The number of nitrogens with zero attached hydrogens (tertiary/aromatic N) is 3. The summed E-state index contributed by atoms with van der Waals surface area (Å²) < 4.78 is 0. The van der Waals surface area contributed by atoms with Crippen LogP contribution in [0.2, 0.25) is 10.0 Å². The van der Waals surface area contributed by atoms with Gasteiger partial charge in [0.05, 0.1) is 10.0 Å². The summed E-state index contributed by atoms with van der Waals surface area (Å²) >= 11 is 11.8. The molecule has 1 fully saturated rings. The van der Waals surface area contributed by atoms with Crippen molar-refractivity contribution < 1.29 is 4.79 Å². The van der Waals surface area contributed by atoms with Crippen molar-refractivity contribution in [3.63, 3.8) is 0 Å². The van der Waals surface area contributed by atoms with Gasteiger partial charge in [-0.15, -0.1) is 0 Å². The van der Waals surface area contributed by atoms with Gasteiger partial charge in [-0.05, 0) is 37.0 Å². The Labute approximate surface area is 151 Å². The van der Waals surface area contributed by atoms with E-state index in [-0.39, 0.29) is 5.91 Å². The number of hydrogen-bond acceptors (Lipinski definition) is 4. The van der Waals surface area contributed by atoms with E-state index in [1.54, 1.807) is 24.3 Å². The molecule has 1 N–H and O–H groups in total. The molecule has 2 heterocycles. The predicted octanol–water partition coefficient (Wildman–Crippen LogP) is 4.27. The van der Waals surface area contributed by atoms with Crippen LogP contribution in [0.3, 0.4) is 0 Å². The van der Waals surface area contributed by atoms with Gasteiger partial charge in [0, 0.05) is 24.8 Å². The van der Waals surface area contributed by atoms with Gasteiger partial charge >= 0.3 is 0 Å². The van der Waals surface area contributed by atoms with Gasteiger partial charge in [0.25, 0.3) is 5.91 Å². The molecule has 1 aliphatic rings. The molecule has 3 rings (SSSR count). The van der Waals surface area contributed by atoms with Gasteiger partial charge in [-0.3, -0.25) is 4.79 Å². The quantitative estimate of drug-likeness (QED) is 0.883. The lowest BCUT2D eigenvalue weighted by molar-refractivity contribution is 0.102. The fourth-order valence-electron chi connectivity index (χ4n) is 2.65. The topological polar surface area (TPSA) is 58.1 Å². The van der Waals surface area contributed by atoms with Crippen LogP contribution in [0.4, 0.5) is 11.5 Å². The third-order valence-electron chi connectivity index (χ3n) is 4.17. The number of amides is 1. The molecule has 1 aromatic carbocycles. The van der Waals surface area contributed by atoms with Crippen LogP contribution in [0.1, 0.15) is 30.3 Å². The zero-order valence-corrected chi connectivity index (χ0v) is 14.8. The number of carbonyl (C=O) groups is 1. The smallest absolute Gasteiger partial charge is 0.274 e. The number of benzene rings is 1. The van der Waals surface area contributed by atoms with Gasteiger partial charge in [-0.1, -0.05) is 30.1 Å². The maximum Gasteiger partial charge on any atom is 0.274 e. The summed E-state index contributed by atoms with van der Waals surface area (Å²) in [5, 5.41) is 3.60. The standard InChI is InChI=1S/C17H18Cl2N4O/c1-11-4-6-23(7-5-11)16-9-15(20-10-21-16)17(24)22-12-2-3-13(18)14(19)8-12/h2-3,8-11H,4-7H2,1H3,(H,22,24). The SMILES string of the molecule is CC1CCN(c2cc(C(=O)Nc3ccc(Cl)c(Cl)c3)ncn2)CC1. The highest BCUT2D eigenvalue weighted by molar-refractivity contribution is 6.42. The number of anilines is 2. The van der Waals surface area contributed by atoms with Crippen molar-refractivity contribution in [1.29, 1.82) is 0 Å². The fourth-order valence-corrected chi connectivity index (χ4v) is 2.95. The van der Waals surface area contributed by atoms with E-state index in [1.165, 1.54) is 6.33 Å². The van der Waals surface area contributed by atoms with Gasteiger partial charge in [0.2, 0.25) is 0 Å². The summed E-state index contributed by atoms with van der Waals surface area (Å²) in [5.41, 5.74) is 0.894. The van der Waals surface area contributed by atoms with Gasteiger partial charge in [0.15, 0.2) is 0 Å². The summed E-state index contributed by atoms with van der Waals surface area (Å²) in [4.78, 5) is 23.0. The Hall–Kier alpha value is -1.85. The van der Waals surface area contributed by atoms with Crippen molar-refractivity contribution >= 4 is 40.6 Å². The predicted molar refractivity (Wildman–Crippen MR) is 97.1 cm³/mol. The third-order valence-corrected chi connectivity index (χ3v) is 4.91. The zero-order chi connectivity index (χ0) is 17.1. The number of nitrogens with one attached hydrogen (secondary N) is 1. The van der Waals surface area contributed by atoms with Crippen LogP contribution in [0.5, 0.6) is 0 Å². The fraction of sp³-hybridized carbons (Fsp3) is 0.353. The van der Waals surface area contributed by atoms with Gasteiger partial charge in [0.1, 0.15) is 17.8 Å². The van der Waals surface area contributed by atoms with Crippen molar-refractivity contribution in [3.8, 4) is 0 Å². The van der Waals surface area contributed by atoms with E-state index in [0.29, 0.717) is 21.4 Å². The van der Waals surface area contributed by atoms with Crippen LogP contribution in [-0.4, -0.2) is 29.0 Å². The van der Waals surface area contributed by atoms with Crippen molar-refractivity contribution in [2.45, 2.75) is 19.8 Å². The van der Waals surface area contributed by atoms with E-state index in [0.717, 1.165) is 37.7 Å². The summed E-state index contributed by atoms with van der Waals surface area (Å²) in [6, 6.07) is 6.67. The van der Waals surface area contributed by atoms with Crippen LogP contribution >= 0.6 is 23.2 Å². The molecular weight excluding hydrogens is 347 g/mol. The Morgan fingerprint density at radius 3 is 2.62 bits per heavy atom. The first-order valence-corrected chi connectivity index (χ1v) is 8.62. The molecular formula is C17H18Cl2N4O. The van der Waals surface area contributed by atoms with E-state index in [1.807, 2.05) is 0 Å². The van der Waals surface area contributed by atoms with E-state index in [4.69, 9.17) is 23.2 Å². The second-order valence-electron chi connectivity index (χ2n) is 6.01. The normalized spacial score (nSPS) is 15.4. The van der Waals surface area contributed by atoms with Crippen LogP contribution in [0.25, 0.3) is 0 Å². The lowest BCUT2D eigenvalue weighted by atomic mass is 9.99. The average molecular weight is 365 g/mol. The second kappa shape index (κ2) is 7.36. The highest BCUT2D eigenvalue weighted by Gasteiger charge is 2.18. The molecule has 7 heteroatoms. The van der Waals surface area contributed by atoms with Crippen molar-refractivity contribution in [2.24, 2.45) is 5.92 Å². The Balaban J connectivity index is 1.73. The number of hydrogen-bond donors (Lipinski definition) is 1. The summed E-state index contributed by atoms with van der Waals surface area (Å²) in [6.45, 7) is 4.16. The molecule has 5 nitrogen and oxygen atoms in total. The molecule has 0 saturated carbocycles. The van der Waals surface area contributed by atoms with Gasteiger partial charge in [-0.25, -0.2) is 9.97 Å². The van der Waals surface area contributed by atoms with E-state index >= 15 is 0 Å². The Kier molecular flexibility index (Phi) is 5.21. The Morgan fingerprint density at radius 2 is 1.92 bits per heavy atom. The highest BCUT2D eigenvalue weighted by atomic mass is 35.5. The van der Waals surface area contributed by atoms with Crippen LogP contribution in [-0.2, 0) is 0 Å². The average Bonchev–Trinajstić information content (AvgIpc) is 2.59. The maximum absolute atomic E-state index is 12.4. The molecule has 0 bridgehead atoms. The largest absolute Gasteiger partial charge is 0.356 e. The molecule has 1 aliphatic heterocycles. The molecule has 126 valence electrons. The Bertz CT molecular complexity index is 745. The molecule has 24 heavy (non-hydrogen) atoms. The van der Waals surface area contributed by atoms with Crippen molar-refractivity contribution in [2.75, 3.05) is 23.3 Å². The first kappa shape index (κ1) is 17.0. The molecule has 1 aromatic heterocycles. The van der Waals surface area contributed by atoms with Crippen LogP contribution in [0, 0.1) is 5.92 Å². The summed E-state index contributed by atoms with van der Waals surface area (Å²) in [7, 11) is 0. The minimum absolute atomic E-state index is 0.303. The highest BCUT2D eigenvalue weighted by Crippen LogP contribution is 2.25. The first-order chi connectivity index (χ1) is 11.5. The molecule has 0 radical (unpaired) electrons. The first-order valence-electron chi connectivity index (χ1n) is 7.86. The van der Waals surface area contributed by atoms with Crippen LogP contribution < -0.4 is 10.2 Å². The number of halogens is 2. The minimum atomic E-state index is -0.303. The van der Waals surface area contributed by atoms with Crippen molar-refractivity contribution in [3.05, 3.63) is 46.3 Å². The summed E-state index contributed by atoms with van der Waals surface area (Å²) in [5.74, 6) is 1.22. The lowest BCUT2D eigenvalue weighted by Crippen LogP contribution is -2.33. The van der Waals surface area contributed by atoms with E-state index in [9.17, 15) is 4.79 Å². The van der Waals surface area contributed by atoms with Gasteiger partial charge < -0.3 is 10.2 Å². The van der Waals surface area contributed by atoms with E-state index in [2.05, 4.69) is 27.1 Å². The monoisotopic (exact) mass is 364 g/mol. The summed E-state index contributed by atoms with van der Waals surface area (Å²) in [6.07, 6.45) is 3.70. The molecule has 1 amide bonds. The van der Waals surface area contributed by atoms with Gasteiger partial charge in [-0.2, -0.15) is 0 Å². The zero-order valence-electron chi connectivity index (χ0n) is 13.3. The molecule has 0 atom stereocenters. The number of aromatic nitrogens is 2. The molecule has 1 saturated heterocycles. The maximum atomic E-state index is 12.4. The van der Waals surface area contributed by atoms with Crippen molar-refractivity contribution in [1.82, 2.24) is 9.97 Å². The number of rotatable bonds is 3. The number of carbonyl (C=O) groups excluding carboxylic acids is 1. The molecule has 0 aliphatic carbocycles. The third kappa shape index (κ3) is 3.97. The molecule has 0 unspecified atom stereocenters. The lowest BCUT2D eigenvalue weighted by Gasteiger charge is -2.31. The van der Waals surface area contributed by atoms with E-state index < -0.39 is 0 Å².